The average molecular weight is 419 g/mol. The van der Waals surface area contributed by atoms with E-state index in [1.807, 2.05) is 0 Å². The Morgan fingerprint density at radius 2 is 1.38 bits per heavy atom. The van der Waals surface area contributed by atoms with Crippen LogP contribution in [0.4, 0.5) is 11.4 Å². The summed E-state index contributed by atoms with van der Waals surface area (Å²) >= 11 is 2.93. The Hall–Kier alpha value is -3.20. The van der Waals surface area contributed by atoms with Crippen LogP contribution in [-0.2, 0) is 19.4 Å². The zero-order valence-corrected chi connectivity index (χ0v) is 14.6. The van der Waals surface area contributed by atoms with Gasteiger partial charge < -0.3 is 5.73 Å². The van der Waals surface area contributed by atoms with Gasteiger partial charge in [-0.2, -0.15) is 0 Å². The fourth-order valence-electron chi connectivity index (χ4n) is 2.30. The van der Waals surface area contributed by atoms with Crippen molar-refractivity contribution in [1.82, 2.24) is 0 Å². The molecule has 26 heavy (non-hydrogen) atoms. The highest BCUT2D eigenvalue weighted by Crippen LogP contribution is 2.31. The third-order valence-electron chi connectivity index (χ3n) is 3.61. The van der Waals surface area contributed by atoms with E-state index in [0.717, 1.165) is 4.90 Å². The predicted molar refractivity (Wildman–Crippen MR) is 93.3 cm³/mol. The molecule has 1 saturated heterocycles. The van der Waals surface area contributed by atoms with Crippen molar-refractivity contribution in [3.63, 3.8) is 0 Å². The van der Waals surface area contributed by atoms with Crippen molar-refractivity contribution in [3.8, 4) is 0 Å². The molecule has 0 saturated carbocycles. The molecule has 2 aromatic carbocycles. The number of hydrogen-bond acceptors (Lipinski definition) is 7. The van der Waals surface area contributed by atoms with Gasteiger partial charge in [-0.25, -0.2) is 24.3 Å². The zero-order chi connectivity index (χ0) is 18.8. The van der Waals surface area contributed by atoms with E-state index >= 15 is 0 Å². The molecule has 2 N–H and O–H groups in total. The molecule has 9 heteroatoms. The second-order valence-corrected chi connectivity index (χ2v) is 6.14. The molecule has 1 fully saturated rings. The van der Waals surface area contributed by atoms with E-state index < -0.39 is 28.6 Å². The first-order chi connectivity index (χ1) is 12.4. The fourth-order valence-corrected chi connectivity index (χ4v) is 2.71. The maximum atomic E-state index is 12.2. The molecule has 2 amide bonds. The van der Waals surface area contributed by atoms with Gasteiger partial charge >= 0.3 is 11.9 Å². The largest absolute Gasteiger partial charge is 0.398 e. The maximum Gasteiger partial charge on any atom is 0.388 e. The Bertz CT molecular complexity index is 913. The summed E-state index contributed by atoms with van der Waals surface area (Å²) in [6.45, 7) is 0. The third-order valence-corrected chi connectivity index (χ3v) is 4.40. The lowest BCUT2D eigenvalue weighted by atomic mass is 10.1. The Morgan fingerprint density at radius 3 is 2.00 bits per heavy atom. The van der Waals surface area contributed by atoms with Gasteiger partial charge in [-0.3, -0.25) is 9.59 Å². The molecule has 0 spiro atoms. The smallest absolute Gasteiger partial charge is 0.388 e. The number of nitrogen functional groups attached to an aromatic ring is 1. The molecular formula is C17H11BrN2O6. The summed E-state index contributed by atoms with van der Waals surface area (Å²) in [4.78, 5) is 56.8. The highest BCUT2D eigenvalue weighted by Gasteiger charge is 2.47. The lowest BCUT2D eigenvalue weighted by Gasteiger charge is -2.33. The first-order valence-corrected chi connectivity index (χ1v) is 8.22. The molecule has 0 aliphatic carbocycles. The highest BCUT2D eigenvalue weighted by atomic mass is 79.9. The molecule has 0 bridgehead atoms. The van der Waals surface area contributed by atoms with E-state index in [4.69, 9.17) is 5.73 Å². The second-order valence-electron chi connectivity index (χ2n) is 5.22. The second kappa shape index (κ2) is 6.96. The van der Waals surface area contributed by atoms with Crippen LogP contribution < -0.4 is 10.6 Å². The Kier molecular flexibility index (Phi) is 4.72. The first kappa shape index (κ1) is 17.6. The minimum atomic E-state index is -1.04. The van der Waals surface area contributed by atoms with Crippen LogP contribution >= 0.6 is 15.9 Å². The predicted octanol–water partition coefficient (Wildman–Crippen LogP) is 1.83. The number of carbonyl (C=O) groups excluding carboxylic acids is 4. The first-order valence-electron chi connectivity index (χ1n) is 7.30. The van der Waals surface area contributed by atoms with Crippen molar-refractivity contribution in [2.24, 2.45) is 0 Å². The fraction of sp³-hybridized carbons (Fsp3) is 0.0588. The van der Waals surface area contributed by atoms with Crippen LogP contribution in [0, 0.1) is 0 Å². The number of anilines is 2. The normalized spacial score (nSPS) is 14.0. The number of β-lactam (4-membered cyclic amide) rings is 2. The number of imide groups is 1. The highest BCUT2D eigenvalue weighted by molar-refractivity contribution is 9.10. The van der Waals surface area contributed by atoms with Crippen LogP contribution in [0.2, 0.25) is 0 Å². The lowest BCUT2D eigenvalue weighted by molar-refractivity contribution is -0.187. The van der Waals surface area contributed by atoms with Crippen molar-refractivity contribution in [2.45, 2.75) is 4.83 Å². The third kappa shape index (κ3) is 3.04. The van der Waals surface area contributed by atoms with Gasteiger partial charge in [0.1, 0.15) is 0 Å². The molecule has 0 atom stereocenters. The van der Waals surface area contributed by atoms with E-state index in [0.29, 0.717) is 0 Å². The molecular weight excluding hydrogens is 408 g/mol. The quantitative estimate of drug-likeness (QED) is 0.202. The van der Waals surface area contributed by atoms with Gasteiger partial charge in [-0.1, -0.05) is 40.2 Å². The summed E-state index contributed by atoms with van der Waals surface area (Å²) in [6.07, 6.45) is 0. The molecule has 132 valence electrons. The van der Waals surface area contributed by atoms with Crippen molar-refractivity contribution < 1.29 is 29.0 Å². The summed E-state index contributed by atoms with van der Waals surface area (Å²) in [6, 6.07) is 11.9. The number of hydrogen-bond donors (Lipinski definition) is 1. The Morgan fingerprint density at radius 1 is 0.885 bits per heavy atom. The molecule has 0 radical (unpaired) electrons. The van der Waals surface area contributed by atoms with Gasteiger partial charge in [0.2, 0.25) is 0 Å². The average Bonchev–Trinajstić information content (AvgIpc) is 2.66. The number of nitrogens with two attached hydrogens (primary N) is 1. The SMILES string of the molecule is Nc1ccccc1C(=O)OOC(=O)c1ccccc1N1C(=O)C(Br)C1=O. The minimum absolute atomic E-state index is 0.0313. The van der Waals surface area contributed by atoms with E-state index in [2.05, 4.69) is 25.7 Å². The lowest BCUT2D eigenvalue weighted by Crippen LogP contribution is -2.59. The van der Waals surface area contributed by atoms with Gasteiger partial charge in [0.05, 0.1) is 16.8 Å². The van der Waals surface area contributed by atoms with Crippen LogP contribution in [-0.4, -0.2) is 28.6 Å². The van der Waals surface area contributed by atoms with Gasteiger partial charge in [0.15, 0.2) is 4.83 Å². The van der Waals surface area contributed by atoms with Crippen molar-refractivity contribution in [2.75, 3.05) is 10.6 Å². The summed E-state index contributed by atoms with van der Waals surface area (Å²) < 4.78 is 0. The molecule has 1 heterocycles. The molecule has 0 aromatic heterocycles. The topological polar surface area (TPSA) is 116 Å². The maximum absolute atomic E-state index is 12.2. The van der Waals surface area contributed by atoms with Crippen LogP contribution in [0.5, 0.6) is 0 Å². The summed E-state index contributed by atoms with van der Waals surface area (Å²) in [7, 11) is 0. The Labute approximate surface area is 155 Å². The summed E-state index contributed by atoms with van der Waals surface area (Å²) in [5.41, 5.74) is 5.77. The van der Waals surface area contributed by atoms with Crippen LogP contribution in [0.25, 0.3) is 0 Å². The standard InChI is InChI=1S/C17H11BrN2O6/c18-13-14(21)20(15(13)22)12-8-4-2-6-10(12)17(24)26-25-16(23)9-5-1-3-7-11(9)19/h1-8,13H,19H2. The van der Waals surface area contributed by atoms with Crippen molar-refractivity contribution in [1.29, 1.82) is 0 Å². The summed E-state index contributed by atoms with van der Waals surface area (Å²) in [5.74, 6) is -3.01. The number of benzene rings is 2. The van der Waals surface area contributed by atoms with E-state index in [9.17, 15) is 19.2 Å². The van der Waals surface area contributed by atoms with Gasteiger partial charge in [0, 0.05) is 5.69 Å². The summed E-state index contributed by atoms with van der Waals surface area (Å²) in [5, 5.41) is 0. The van der Waals surface area contributed by atoms with Crippen LogP contribution in [0.3, 0.4) is 0 Å². The van der Waals surface area contributed by atoms with Crippen LogP contribution in [0.15, 0.2) is 48.5 Å². The molecule has 2 aromatic rings. The van der Waals surface area contributed by atoms with Gasteiger partial charge in [0.25, 0.3) is 11.8 Å². The number of halogens is 1. The van der Waals surface area contributed by atoms with Crippen molar-refractivity contribution >= 4 is 51.1 Å². The molecule has 8 nitrogen and oxygen atoms in total. The van der Waals surface area contributed by atoms with Crippen molar-refractivity contribution in [3.05, 3.63) is 59.7 Å². The molecule has 1 aliphatic heterocycles. The van der Waals surface area contributed by atoms with E-state index in [1.54, 1.807) is 18.2 Å². The number of para-hydroxylation sites is 2. The number of carbonyl (C=O) groups is 4. The van der Waals surface area contributed by atoms with E-state index in [-0.39, 0.29) is 22.5 Å². The molecule has 0 unspecified atom stereocenters. The number of rotatable bonds is 3. The van der Waals surface area contributed by atoms with Crippen LogP contribution in [0.1, 0.15) is 20.7 Å². The van der Waals surface area contributed by atoms with Gasteiger partial charge in [-0.05, 0) is 24.3 Å². The molecule has 1 aliphatic rings. The molecule has 3 rings (SSSR count). The minimum Gasteiger partial charge on any atom is -0.398 e. The zero-order valence-electron chi connectivity index (χ0n) is 13.0. The number of alkyl halides is 1. The van der Waals surface area contributed by atoms with E-state index in [1.165, 1.54) is 30.3 Å². The monoisotopic (exact) mass is 418 g/mol. The Balaban J connectivity index is 1.75. The number of amides is 2. The number of nitrogens with zero attached hydrogens (tertiary/aromatic N) is 1. The van der Waals surface area contributed by atoms with Gasteiger partial charge in [-0.15, -0.1) is 0 Å².